The Morgan fingerprint density at radius 1 is 0.333 bits per heavy atom. The summed E-state index contributed by atoms with van der Waals surface area (Å²) >= 11 is 0. The second kappa shape index (κ2) is 53.9. The van der Waals surface area contributed by atoms with Gasteiger partial charge in [-0.05, 0) is 64.2 Å². The summed E-state index contributed by atoms with van der Waals surface area (Å²) in [7, 11) is 0. The van der Waals surface area contributed by atoms with E-state index in [-0.39, 0.29) is 37.5 Å². The summed E-state index contributed by atoms with van der Waals surface area (Å²) in [6.07, 6.45) is 71.1. The Kier molecular flexibility index (Phi) is 50.9. The van der Waals surface area contributed by atoms with Crippen LogP contribution in [0.2, 0.25) is 0 Å². The van der Waals surface area contributed by atoms with Crippen LogP contribution < -0.4 is 0 Å². The molecule has 0 aliphatic rings. The van der Waals surface area contributed by atoms with Crippen LogP contribution in [0.5, 0.6) is 0 Å². The third-order valence-electron chi connectivity index (χ3n) is 11.5. The molecule has 0 aliphatic carbocycles. The summed E-state index contributed by atoms with van der Waals surface area (Å²) in [6.45, 7) is 6.34. The maximum Gasteiger partial charge on any atom is 0.306 e. The van der Waals surface area contributed by atoms with Crippen molar-refractivity contribution in [3.05, 3.63) is 97.2 Å². The molecule has 6 heteroatoms. The van der Waals surface area contributed by atoms with E-state index in [1.165, 1.54) is 103 Å². The lowest BCUT2D eigenvalue weighted by molar-refractivity contribution is -0.167. The molecular formula is C60H100O6. The highest BCUT2D eigenvalue weighted by molar-refractivity contribution is 5.71. The van der Waals surface area contributed by atoms with Gasteiger partial charge in [-0.2, -0.15) is 0 Å². The molecule has 0 N–H and O–H groups in total. The van der Waals surface area contributed by atoms with E-state index in [0.717, 1.165) is 96.3 Å². The van der Waals surface area contributed by atoms with Crippen LogP contribution in [0.4, 0.5) is 0 Å². The van der Waals surface area contributed by atoms with Crippen LogP contribution >= 0.6 is 0 Å². The van der Waals surface area contributed by atoms with E-state index < -0.39 is 6.10 Å². The Bertz CT molecular complexity index is 1330. The predicted octanol–water partition coefficient (Wildman–Crippen LogP) is 18.1. The molecule has 6 nitrogen and oxygen atoms in total. The lowest BCUT2D eigenvalue weighted by atomic mass is 10.0. The number of esters is 3. The minimum atomic E-state index is -0.806. The number of rotatable bonds is 48. The third kappa shape index (κ3) is 51.3. The summed E-state index contributed by atoms with van der Waals surface area (Å²) in [5.41, 5.74) is 0. The SMILES string of the molecule is CC\C=C/C=C\C=C/C=C\C=C\C=C/CCCCCC(=O)OC(COC(=O)CCCCCCC/C=C\C/C=C\CC)COC(=O)CCCCCCCCCCCCCCCCCCCCC. The first-order chi connectivity index (χ1) is 32.5. The maximum atomic E-state index is 12.8. The molecule has 1 unspecified atom stereocenters. The van der Waals surface area contributed by atoms with Gasteiger partial charge in [0.1, 0.15) is 13.2 Å². The van der Waals surface area contributed by atoms with Gasteiger partial charge in [-0.15, -0.1) is 0 Å². The average molecular weight is 917 g/mol. The zero-order valence-electron chi connectivity index (χ0n) is 42.9. The topological polar surface area (TPSA) is 78.9 Å². The average Bonchev–Trinajstić information content (AvgIpc) is 3.31. The van der Waals surface area contributed by atoms with Crippen LogP contribution in [0.25, 0.3) is 0 Å². The zero-order valence-corrected chi connectivity index (χ0v) is 42.9. The Hall–Kier alpha value is -3.67. The van der Waals surface area contributed by atoms with Crippen molar-refractivity contribution in [2.24, 2.45) is 0 Å². The monoisotopic (exact) mass is 917 g/mol. The zero-order chi connectivity index (χ0) is 47.9. The lowest BCUT2D eigenvalue weighted by Crippen LogP contribution is -2.30. The number of ether oxygens (including phenoxy) is 3. The van der Waals surface area contributed by atoms with Gasteiger partial charge in [0, 0.05) is 19.3 Å². The number of hydrogen-bond acceptors (Lipinski definition) is 6. The molecule has 0 rings (SSSR count). The summed E-state index contributed by atoms with van der Waals surface area (Å²) < 4.78 is 16.8. The third-order valence-corrected chi connectivity index (χ3v) is 11.5. The van der Waals surface area contributed by atoms with E-state index in [4.69, 9.17) is 14.2 Å². The highest BCUT2D eigenvalue weighted by Gasteiger charge is 2.19. The second-order valence-corrected chi connectivity index (χ2v) is 17.9. The van der Waals surface area contributed by atoms with Crippen molar-refractivity contribution < 1.29 is 28.6 Å². The van der Waals surface area contributed by atoms with Crippen molar-refractivity contribution in [1.82, 2.24) is 0 Å². The Morgan fingerprint density at radius 3 is 1.11 bits per heavy atom. The van der Waals surface area contributed by atoms with Gasteiger partial charge in [0.25, 0.3) is 0 Å². The van der Waals surface area contributed by atoms with E-state index in [1.54, 1.807) is 0 Å². The lowest BCUT2D eigenvalue weighted by Gasteiger charge is -2.18. The summed E-state index contributed by atoms with van der Waals surface area (Å²) in [5.74, 6) is -0.957. The fourth-order valence-corrected chi connectivity index (χ4v) is 7.45. The number of hydrogen-bond donors (Lipinski definition) is 0. The molecule has 0 saturated heterocycles. The van der Waals surface area contributed by atoms with Crippen molar-refractivity contribution in [2.45, 2.75) is 252 Å². The Balaban J connectivity index is 4.44. The van der Waals surface area contributed by atoms with Crippen LogP contribution in [0, 0.1) is 0 Å². The standard InChI is InChI=1S/C60H100O6/c1-4-7-10-13-16-19-22-25-27-29-30-32-33-35-38-41-44-47-50-53-59(62)65-56-57(55-64-58(61)52-49-46-43-40-37-24-21-18-15-12-9-6-3)66-60(63)54-51-48-45-42-39-36-34-31-28-26-23-20-17-14-11-8-5-2/h8-9,11-12,14,17-18,20-21,23,26,28,31,34,36,39,57H,4-7,10,13,15-16,19,22,24-25,27,29-30,32-33,35,37-38,40-56H2,1-3H3/b11-8-,12-9-,17-14-,21-18-,23-20-,28-26-,34-31+,39-36-. The normalized spacial score (nSPS) is 12.8. The van der Waals surface area contributed by atoms with E-state index >= 15 is 0 Å². The summed E-state index contributed by atoms with van der Waals surface area (Å²) in [5, 5.41) is 0. The van der Waals surface area contributed by atoms with Crippen LogP contribution in [0.15, 0.2) is 97.2 Å². The molecule has 0 heterocycles. The quantitative estimate of drug-likeness (QED) is 0.0199. The van der Waals surface area contributed by atoms with Gasteiger partial charge in [-0.1, -0.05) is 259 Å². The molecule has 0 amide bonds. The van der Waals surface area contributed by atoms with Crippen LogP contribution in [-0.2, 0) is 28.6 Å². The minimum absolute atomic E-state index is 0.0994. The van der Waals surface area contributed by atoms with Crippen molar-refractivity contribution in [3.8, 4) is 0 Å². The largest absolute Gasteiger partial charge is 0.462 e. The Labute approximate surface area is 407 Å². The van der Waals surface area contributed by atoms with Crippen LogP contribution in [0.3, 0.4) is 0 Å². The minimum Gasteiger partial charge on any atom is -0.462 e. The highest BCUT2D eigenvalue weighted by atomic mass is 16.6. The van der Waals surface area contributed by atoms with E-state index in [9.17, 15) is 14.4 Å². The van der Waals surface area contributed by atoms with Gasteiger partial charge in [0.2, 0.25) is 0 Å². The van der Waals surface area contributed by atoms with Gasteiger partial charge in [-0.25, -0.2) is 0 Å². The van der Waals surface area contributed by atoms with Gasteiger partial charge in [-0.3, -0.25) is 14.4 Å². The van der Waals surface area contributed by atoms with Crippen molar-refractivity contribution >= 4 is 17.9 Å². The molecule has 0 aromatic rings. The van der Waals surface area contributed by atoms with E-state index in [0.29, 0.717) is 19.3 Å². The Morgan fingerprint density at radius 2 is 0.667 bits per heavy atom. The molecule has 0 saturated carbocycles. The molecule has 0 spiro atoms. The van der Waals surface area contributed by atoms with Crippen molar-refractivity contribution in [2.75, 3.05) is 13.2 Å². The molecule has 0 radical (unpaired) electrons. The summed E-state index contributed by atoms with van der Waals surface area (Å²) in [6, 6.07) is 0. The molecule has 0 bridgehead atoms. The van der Waals surface area contributed by atoms with Crippen LogP contribution in [0.1, 0.15) is 245 Å². The van der Waals surface area contributed by atoms with Gasteiger partial charge in [0.15, 0.2) is 6.10 Å². The number of unbranched alkanes of at least 4 members (excludes halogenated alkanes) is 26. The van der Waals surface area contributed by atoms with Gasteiger partial charge >= 0.3 is 17.9 Å². The smallest absolute Gasteiger partial charge is 0.306 e. The first-order valence-corrected chi connectivity index (χ1v) is 27.3. The van der Waals surface area contributed by atoms with E-state index in [1.807, 2.05) is 60.8 Å². The predicted molar refractivity (Wildman–Crippen MR) is 284 cm³/mol. The van der Waals surface area contributed by atoms with Crippen molar-refractivity contribution in [3.63, 3.8) is 0 Å². The van der Waals surface area contributed by atoms with Gasteiger partial charge < -0.3 is 14.2 Å². The first-order valence-electron chi connectivity index (χ1n) is 27.3. The number of carbonyl (C=O) groups excluding carboxylic acids is 3. The van der Waals surface area contributed by atoms with Crippen molar-refractivity contribution in [1.29, 1.82) is 0 Å². The second-order valence-electron chi connectivity index (χ2n) is 17.9. The molecule has 1 atom stereocenters. The molecule has 0 aromatic carbocycles. The van der Waals surface area contributed by atoms with Gasteiger partial charge in [0.05, 0.1) is 0 Å². The fraction of sp³-hybridized carbons (Fsp3) is 0.683. The fourth-order valence-electron chi connectivity index (χ4n) is 7.45. The summed E-state index contributed by atoms with van der Waals surface area (Å²) in [4.78, 5) is 38.0. The number of carbonyl (C=O) groups is 3. The molecular weight excluding hydrogens is 817 g/mol. The molecule has 0 aliphatic heterocycles. The first kappa shape index (κ1) is 62.3. The molecule has 0 fully saturated rings. The van der Waals surface area contributed by atoms with Crippen LogP contribution in [-0.4, -0.2) is 37.2 Å². The molecule has 0 aromatic heterocycles. The molecule has 66 heavy (non-hydrogen) atoms. The maximum absolute atomic E-state index is 12.8. The van der Waals surface area contributed by atoms with E-state index in [2.05, 4.69) is 57.2 Å². The molecule has 376 valence electrons. The number of allylic oxidation sites excluding steroid dienone is 16. The highest BCUT2D eigenvalue weighted by Crippen LogP contribution is 2.16.